The Hall–Kier alpha value is -0.650. The summed E-state index contributed by atoms with van der Waals surface area (Å²) in [6, 6.07) is 0.405. The molecule has 1 saturated carbocycles. The van der Waals surface area contributed by atoms with Gasteiger partial charge in [-0.25, -0.2) is 0 Å². The molecule has 0 radical (unpaired) electrons. The number of hydrogen-bond acceptors (Lipinski definition) is 4. The Morgan fingerprint density at radius 1 is 1.19 bits per heavy atom. The van der Waals surface area contributed by atoms with Gasteiger partial charge in [0.1, 0.15) is 0 Å². The quantitative estimate of drug-likeness (QED) is 0.630. The summed E-state index contributed by atoms with van der Waals surface area (Å²) < 4.78 is 0. The minimum absolute atomic E-state index is 0.136. The first kappa shape index (κ1) is 16.7. The Labute approximate surface area is 127 Å². The maximum absolute atomic E-state index is 11.0. The number of nitrogens with one attached hydrogen (secondary N) is 1. The fraction of sp³-hybridized carbons (Fsp3) is 0.938. The molecule has 5 nitrogen and oxygen atoms in total. The number of likely N-dealkylation sites (tertiary alicyclic amines) is 1. The van der Waals surface area contributed by atoms with E-state index in [2.05, 4.69) is 10.2 Å². The zero-order valence-corrected chi connectivity index (χ0v) is 13.0. The van der Waals surface area contributed by atoms with Crippen LogP contribution in [-0.2, 0) is 4.79 Å². The standard InChI is InChI=1S/C16H30N2O3/c19-7-3-6-14-8-15(11-18(10-14)12-16(20)21)17-9-13-4-1-2-5-13/h13-15,17,19H,1-12H2,(H,20,21). The van der Waals surface area contributed by atoms with Crippen molar-refractivity contribution in [1.29, 1.82) is 0 Å². The normalized spacial score (nSPS) is 28.0. The lowest BCUT2D eigenvalue weighted by Crippen LogP contribution is -2.51. The fourth-order valence-electron chi connectivity index (χ4n) is 3.91. The molecule has 1 aliphatic heterocycles. The van der Waals surface area contributed by atoms with Crippen LogP contribution in [0.3, 0.4) is 0 Å². The van der Waals surface area contributed by atoms with Gasteiger partial charge in [-0.2, -0.15) is 0 Å². The van der Waals surface area contributed by atoms with E-state index in [0.717, 1.165) is 44.8 Å². The summed E-state index contributed by atoms with van der Waals surface area (Å²) in [4.78, 5) is 13.0. The Balaban J connectivity index is 1.80. The molecule has 21 heavy (non-hydrogen) atoms. The first-order valence-electron chi connectivity index (χ1n) is 8.45. The van der Waals surface area contributed by atoms with Crippen molar-refractivity contribution in [3.8, 4) is 0 Å². The molecule has 0 bridgehead atoms. The van der Waals surface area contributed by atoms with E-state index in [1.54, 1.807) is 0 Å². The van der Waals surface area contributed by atoms with Gasteiger partial charge in [-0.1, -0.05) is 12.8 Å². The Morgan fingerprint density at radius 3 is 2.62 bits per heavy atom. The molecule has 2 atom stereocenters. The van der Waals surface area contributed by atoms with Crippen molar-refractivity contribution in [2.45, 2.75) is 51.0 Å². The smallest absolute Gasteiger partial charge is 0.317 e. The maximum atomic E-state index is 11.0. The minimum atomic E-state index is -0.743. The van der Waals surface area contributed by atoms with E-state index in [-0.39, 0.29) is 13.2 Å². The molecule has 0 aromatic heterocycles. The minimum Gasteiger partial charge on any atom is -0.480 e. The Kier molecular flexibility index (Phi) is 6.93. The SMILES string of the molecule is O=C(O)CN1CC(CCCO)CC(NCC2CCCC2)C1. The van der Waals surface area contributed by atoms with Crippen molar-refractivity contribution >= 4 is 5.97 Å². The highest BCUT2D eigenvalue weighted by Gasteiger charge is 2.28. The third-order valence-corrected chi connectivity index (χ3v) is 4.91. The van der Waals surface area contributed by atoms with Gasteiger partial charge >= 0.3 is 5.97 Å². The third-order valence-electron chi connectivity index (χ3n) is 4.91. The second-order valence-corrected chi connectivity index (χ2v) is 6.81. The van der Waals surface area contributed by atoms with Gasteiger partial charge in [0, 0.05) is 25.7 Å². The first-order valence-corrected chi connectivity index (χ1v) is 8.45. The number of piperidine rings is 1. The van der Waals surface area contributed by atoms with Crippen LogP contribution in [0, 0.1) is 11.8 Å². The number of hydrogen-bond donors (Lipinski definition) is 3. The first-order chi connectivity index (χ1) is 10.2. The second-order valence-electron chi connectivity index (χ2n) is 6.81. The third kappa shape index (κ3) is 5.93. The number of carbonyl (C=O) groups is 1. The summed E-state index contributed by atoms with van der Waals surface area (Å²) in [5.41, 5.74) is 0. The molecule has 1 aliphatic carbocycles. The monoisotopic (exact) mass is 298 g/mol. The van der Waals surface area contributed by atoms with Crippen molar-refractivity contribution in [3.05, 3.63) is 0 Å². The number of nitrogens with zero attached hydrogens (tertiary/aromatic N) is 1. The highest BCUT2D eigenvalue weighted by molar-refractivity contribution is 5.69. The van der Waals surface area contributed by atoms with Crippen molar-refractivity contribution in [3.63, 3.8) is 0 Å². The van der Waals surface area contributed by atoms with Crippen LogP contribution in [0.5, 0.6) is 0 Å². The number of carboxylic acids is 1. The second kappa shape index (κ2) is 8.71. The van der Waals surface area contributed by atoms with Gasteiger partial charge in [-0.05, 0) is 50.5 Å². The van der Waals surface area contributed by atoms with E-state index >= 15 is 0 Å². The van der Waals surface area contributed by atoms with Gasteiger partial charge in [-0.15, -0.1) is 0 Å². The molecule has 0 aromatic carbocycles. The Morgan fingerprint density at radius 2 is 1.95 bits per heavy atom. The van der Waals surface area contributed by atoms with E-state index < -0.39 is 5.97 Å². The summed E-state index contributed by atoms with van der Waals surface area (Å²) in [6.45, 7) is 3.15. The molecule has 122 valence electrons. The molecule has 2 rings (SSSR count). The van der Waals surface area contributed by atoms with E-state index in [1.807, 2.05) is 0 Å². The van der Waals surface area contributed by atoms with Crippen LogP contribution in [0.15, 0.2) is 0 Å². The summed E-state index contributed by atoms with van der Waals surface area (Å²) in [5.74, 6) is 0.578. The molecular weight excluding hydrogens is 268 g/mol. The average molecular weight is 298 g/mol. The maximum Gasteiger partial charge on any atom is 0.317 e. The molecule has 0 aromatic rings. The molecule has 0 spiro atoms. The van der Waals surface area contributed by atoms with Crippen molar-refractivity contribution in [2.24, 2.45) is 11.8 Å². The predicted molar refractivity (Wildman–Crippen MR) is 82.3 cm³/mol. The van der Waals surface area contributed by atoms with E-state index in [9.17, 15) is 4.79 Å². The van der Waals surface area contributed by atoms with Gasteiger partial charge in [0.2, 0.25) is 0 Å². The van der Waals surface area contributed by atoms with Gasteiger partial charge in [0.15, 0.2) is 0 Å². The molecule has 2 aliphatic rings. The molecule has 1 heterocycles. The van der Waals surface area contributed by atoms with Gasteiger partial charge < -0.3 is 15.5 Å². The van der Waals surface area contributed by atoms with Crippen LogP contribution in [-0.4, -0.2) is 59.9 Å². The molecule has 0 amide bonds. The van der Waals surface area contributed by atoms with E-state index in [0.29, 0.717) is 12.0 Å². The van der Waals surface area contributed by atoms with Crippen LogP contribution in [0.4, 0.5) is 0 Å². The summed E-state index contributed by atoms with van der Waals surface area (Å²) in [7, 11) is 0. The van der Waals surface area contributed by atoms with Crippen molar-refractivity contribution < 1.29 is 15.0 Å². The van der Waals surface area contributed by atoms with Gasteiger partial charge in [0.25, 0.3) is 0 Å². The van der Waals surface area contributed by atoms with Crippen LogP contribution in [0.2, 0.25) is 0 Å². The van der Waals surface area contributed by atoms with Crippen molar-refractivity contribution in [1.82, 2.24) is 10.2 Å². The number of carboxylic acid groups (broad SMARTS) is 1. The zero-order chi connectivity index (χ0) is 15.1. The topological polar surface area (TPSA) is 72.8 Å². The largest absolute Gasteiger partial charge is 0.480 e. The molecule has 2 fully saturated rings. The molecular formula is C16H30N2O3. The number of rotatable bonds is 8. The van der Waals surface area contributed by atoms with Gasteiger partial charge in [-0.3, -0.25) is 9.69 Å². The highest BCUT2D eigenvalue weighted by atomic mass is 16.4. The summed E-state index contributed by atoms with van der Waals surface area (Å²) in [5, 5.41) is 21.7. The van der Waals surface area contributed by atoms with E-state index in [4.69, 9.17) is 10.2 Å². The van der Waals surface area contributed by atoms with Crippen LogP contribution >= 0.6 is 0 Å². The zero-order valence-electron chi connectivity index (χ0n) is 13.0. The molecule has 3 N–H and O–H groups in total. The number of aliphatic hydroxyl groups excluding tert-OH is 1. The predicted octanol–water partition coefficient (Wildman–Crippen LogP) is 1.31. The Bertz CT molecular complexity index is 319. The highest BCUT2D eigenvalue weighted by Crippen LogP contribution is 2.25. The average Bonchev–Trinajstić information content (AvgIpc) is 2.95. The lowest BCUT2D eigenvalue weighted by Gasteiger charge is -2.38. The van der Waals surface area contributed by atoms with E-state index in [1.165, 1.54) is 25.7 Å². The summed E-state index contributed by atoms with van der Waals surface area (Å²) >= 11 is 0. The van der Waals surface area contributed by atoms with Crippen molar-refractivity contribution in [2.75, 3.05) is 32.8 Å². The number of aliphatic hydroxyl groups is 1. The lowest BCUT2D eigenvalue weighted by molar-refractivity contribution is -0.138. The van der Waals surface area contributed by atoms with Crippen LogP contribution in [0.1, 0.15) is 44.9 Å². The molecule has 1 saturated heterocycles. The van der Waals surface area contributed by atoms with Crippen LogP contribution in [0.25, 0.3) is 0 Å². The number of aliphatic carboxylic acids is 1. The van der Waals surface area contributed by atoms with Gasteiger partial charge in [0.05, 0.1) is 6.54 Å². The molecule has 2 unspecified atom stereocenters. The summed E-state index contributed by atoms with van der Waals surface area (Å²) in [6.07, 6.45) is 8.33. The molecule has 5 heteroatoms. The van der Waals surface area contributed by atoms with Crippen LogP contribution < -0.4 is 5.32 Å². The fourth-order valence-corrected chi connectivity index (χ4v) is 3.91. The lowest BCUT2D eigenvalue weighted by atomic mass is 9.90.